The van der Waals surface area contributed by atoms with Crippen LogP contribution in [0.1, 0.15) is 52.9 Å². The lowest BCUT2D eigenvalue weighted by atomic mass is 9.93. The van der Waals surface area contributed by atoms with E-state index in [9.17, 15) is 26.4 Å². The molecule has 4 aromatic rings. The van der Waals surface area contributed by atoms with Gasteiger partial charge in [0.1, 0.15) is 0 Å². The highest BCUT2D eigenvalue weighted by molar-refractivity contribution is 7.90. The van der Waals surface area contributed by atoms with Crippen LogP contribution in [0.3, 0.4) is 0 Å². The minimum absolute atomic E-state index is 0.0195. The van der Waals surface area contributed by atoms with Crippen LogP contribution in [0.15, 0.2) is 77.7 Å². The SMILES string of the molecule is CC(NC(=O)c1c(CN2CCC(N3CCOCC3)CC2)c(-c2cccc(C(F)(F)F)c2)nc2ccc(S(C)(=O)=O)cc12)c1ccccc1. The Bertz CT molecular complexity index is 1890. The molecule has 2 aliphatic heterocycles. The third kappa shape index (κ3) is 7.57. The van der Waals surface area contributed by atoms with Crippen LogP contribution in [0.2, 0.25) is 0 Å². The maximum atomic E-state index is 14.4. The lowest BCUT2D eigenvalue weighted by Gasteiger charge is -2.40. The summed E-state index contributed by atoms with van der Waals surface area (Å²) in [5.41, 5.74) is 1.49. The Balaban J connectivity index is 1.48. The van der Waals surface area contributed by atoms with E-state index < -0.39 is 33.5 Å². The molecule has 2 saturated heterocycles. The molecule has 0 spiro atoms. The van der Waals surface area contributed by atoms with E-state index >= 15 is 0 Å². The number of piperidine rings is 1. The predicted molar refractivity (Wildman–Crippen MR) is 178 cm³/mol. The first-order valence-corrected chi connectivity index (χ1v) is 18.0. The van der Waals surface area contributed by atoms with E-state index in [0.29, 0.717) is 48.8 Å². The van der Waals surface area contributed by atoms with Crippen molar-refractivity contribution < 1.29 is 31.1 Å². The lowest BCUT2D eigenvalue weighted by molar-refractivity contribution is -0.137. The number of hydrogen-bond donors (Lipinski definition) is 1. The summed E-state index contributed by atoms with van der Waals surface area (Å²) in [6.07, 6.45) is -1.70. The second-order valence-corrected chi connectivity index (χ2v) is 14.6. The number of carbonyl (C=O) groups excluding carboxylic acids is 1. The van der Waals surface area contributed by atoms with Crippen molar-refractivity contribution in [3.8, 4) is 11.3 Å². The van der Waals surface area contributed by atoms with Crippen LogP contribution in [-0.2, 0) is 27.3 Å². The number of amides is 1. The second kappa shape index (κ2) is 13.9. The summed E-state index contributed by atoms with van der Waals surface area (Å²) in [6.45, 7) is 6.70. The molecule has 0 saturated carbocycles. The van der Waals surface area contributed by atoms with Crippen LogP contribution < -0.4 is 5.32 Å². The molecule has 3 heterocycles. The van der Waals surface area contributed by atoms with Crippen molar-refractivity contribution >= 4 is 26.6 Å². The summed E-state index contributed by atoms with van der Waals surface area (Å²) in [7, 11) is -3.65. The van der Waals surface area contributed by atoms with E-state index in [1.807, 2.05) is 37.3 Å². The number of nitrogens with zero attached hydrogens (tertiary/aromatic N) is 3. The zero-order chi connectivity index (χ0) is 34.1. The zero-order valence-electron chi connectivity index (χ0n) is 27.0. The molecule has 254 valence electrons. The standard InChI is InChI=1S/C36H39F3N4O4S/c1-24(25-7-4-3-5-8-25)40-35(44)33-30-22-29(48(2,45)46)11-12-32(30)41-34(26-9-6-10-27(21-26)36(37,38)39)31(33)23-42-15-13-28(14-16-42)43-17-19-47-20-18-43/h3-12,21-22,24,28H,13-20,23H2,1-2H3,(H,40,44). The predicted octanol–water partition coefficient (Wildman–Crippen LogP) is 6.11. The van der Waals surface area contributed by atoms with Gasteiger partial charge < -0.3 is 10.1 Å². The largest absolute Gasteiger partial charge is 0.416 e. The first-order chi connectivity index (χ1) is 22.9. The minimum Gasteiger partial charge on any atom is -0.379 e. The fraction of sp³-hybridized carbons (Fsp3) is 0.389. The Labute approximate surface area is 278 Å². The number of pyridine rings is 1. The van der Waals surface area contributed by atoms with Gasteiger partial charge in [-0.3, -0.25) is 14.6 Å². The number of hydrogen-bond acceptors (Lipinski definition) is 7. The van der Waals surface area contributed by atoms with Crippen LogP contribution in [0, 0.1) is 0 Å². The van der Waals surface area contributed by atoms with Crippen LogP contribution in [-0.4, -0.2) is 80.8 Å². The zero-order valence-corrected chi connectivity index (χ0v) is 27.8. The van der Waals surface area contributed by atoms with Crippen molar-refractivity contribution in [2.45, 2.75) is 49.5 Å². The molecule has 2 aliphatic rings. The Morgan fingerprint density at radius 3 is 2.35 bits per heavy atom. The van der Waals surface area contributed by atoms with E-state index in [1.54, 1.807) is 6.07 Å². The molecule has 0 radical (unpaired) electrons. The molecular formula is C36H39F3N4O4S. The topological polar surface area (TPSA) is 91.8 Å². The summed E-state index contributed by atoms with van der Waals surface area (Å²) in [6, 6.07) is 18.7. The van der Waals surface area contributed by atoms with Gasteiger partial charge in [0.25, 0.3) is 5.91 Å². The number of halogens is 3. The molecule has 6 rings (SSSR count). The van der Waals surface area contributed by atoms with Crippen molar-refractivity contribution in [2.24, 2.45) is 0 Å². The Hall–Kier alpha value is -3.84. The van der Waals surface area contributed by atoms with E-state index in [2.05, 4.69) is 15.1 Å². The summed E-state index contributed by atoms with van der Waals surface area (Å²) in [5, 5.41) is 3.40. The van der Waals surface area contributed by atoms with Gasteiger partial charge in [-0.05, 0) is 68.8 Å². The molecule has 1 N–H and O–H groups in total. The minimum atomic E-state index is -4.58. The van der Waals surface area contributed by atoms with Crippen LogP contribution >= 0.6 is 0 Å². The van der Waals surface area contributed by atoms with Crippen molar-refractivity contribution in [1.82, 2.24) is 20.1 Å². The molecule has 2 fully saturated rings. The first kappa shape index (κ1) is 34.0. The smallest absolute Gasteiger partial charge is 0.379 e. The number of aromatic nitrogens is 1. The summed E-state index contributed by atoms with van der Waals surface area (Å²) < 4.78 is 72.6. The number of alkyl halides is 3. The third-order valence-corrected chi connectivity index (χ3v) is 10.4. The fourth-order valence-electron chi connectivity index (χ4n) is 6.71. The summed E-state index contributed by atoms with van der Waals surface area (Å²) in [4.78, 5) is 23.9. The number of rotatable bonds is 8. The third-order valence-electron chi connectivity index (χ3n) is 9.32. The van der Waals surface area contributed by atoms with Crippen molar-refractivity contribution in [3.05, 3.63) is 95.1 Å². The van der Waals surface area contributed by atoms with Gasteiger partial charge in [-0.15, -0.1) is 0 Å². The van der Waals surface area contributed by atoms with E-state index in [4.69, 9.17) is 9.72 Å². The molecule has 12 heteroatoms. The van der Waals surface area contributed by atoms with Gasteiger partial charge in [-0.25, -0.2) is 13.4 Å². The molecule has 0 aliphatic carbocycles. The normalized spacial score (nSPS) is 17.8. The first-order valence-electron chi connectivity index (χ1n) is 16.1. The van der Waals surface area contributed by atoms with E-state index in [0.717, 1.165) is 49.9 Å². The fourth-order valence-corrected chi connectivity index (χ4v) is 7.36. The number of likely N-dealkylation sites (tertiary alicyclic amines) is 1. The molecule has 1 amide bonds. The monoisotopic (exact) mass is 680 g/mol. The summed E-state index contributed by atoms with van der Waals surface area (Å²) in [5.74, 6) is -0.462. The molecule has 48 heavy (non-hydrogen) atoms. The second-order valence-electron chi connectivity index (χ2n) is 12.6. The highest BCUT2D eigenvalue weighted by Gasteiger charge is 2.33. The lowest BCUT2D eigenvalue weighted by Crippen LogP contribution is -2.48. The number of sulfone groups is 1. The number of carbonyl (C=O) groups is 1. The quantitative estimate of drug-likeness (QED) is 0.240. The Morgan fingerprint density at radius 1 is 0.979 bits per heavy atom. The number of morpholine rings is 1. The highest BCUT2D eigenvalue weighted by Crippen LogP contribution is 2.37. The van der Waals surface area contributed by atoms with Gasteiger partial charge in [-0.1, -0.05) is 42.5 Å². The van der Waals surface area contributed by atoms with Crippen molar-refractivity contribution in [2.75, 3.05) is 45.6 Å². The summed E-state index contributed by atoms with van der Waals surface area (Å²) >= 11 is 0. The number of ether oxygens (including phenoxy) is 1. The molecule has 1 unspecified atom stereocenters. The molecule has 8 nitrogen and oxygen atoms in total. The molecular weight excluding hydrogens is 641 g/mol. The van der Waals surface area contributed by atoms with Gasteiger partial charge in [-0.2, -0.15) is 13.2 Å². The van der Waals surface area contributed by atoms with E-state index in [1.165, 1.54) is 24.3 Å². The van der Waals surface area contributed by atoms with Gasteiger partial charge in [0.05, 0.1) is 46.5 Å². The number of nitrogens with one attached hydrogen (secondary N) is 1. The molecule has 3 aromatic carbocycles. The Kier molecular flexibility index (Phi) is 9.89. The maximum Gasteiger partial charge on any atom is 0.416 e. The molecule has 0 bridgehead atoms. The van der Waals surface area contributed by atoms with Gasteiger partial charge in [0, 0.05) is 48.4 Å². The average molecular weight is 681 g/mol. The van der Waals surface area contributed by atoms with E-state index in [-0.39, 0.29) is 28.3 Å². The van der Waals surface area contributed by atoms with Gasteiger partial charge >= 0.3 is 6.18 Å². The highest BCUT2D eigenvalue weighted by atomic mass is 32.2. The van der Waals surface area contributed by atoms with Gasteiger partial charge in [0.2, 0.25) is 0 Å². The van der Waals surface area contributed by atoms with Gasteiger partial charge in [0.15, 0.2) is 9.84 Å². The van der Waals surface area contributed by atoms with Crippen molar-refractivity contribution in [1.29, 1.82) is 0 Å². The molecule has 1 atom stereocenters. The van der Waals surface area contributed by atoms with Crippen LogP contribution in [0.5, 0.6) is 0 Å². The number of fused-ring (bicyclic) bond motifs is 1. The number of benzene rings is 3. The maximum absolute atomic E-state index is 14.4. The van der Waals surface area contributed by atoms with Crippen molar-refractivity contribution in [3.63, 3.8) is 0 Å². The van der Waals surface area contributed by atoms with Crippen LogP contribution in [0.25, 0.3) is 22.2 Å². The van der Waals surface area contributed by atoms with Crippen LogP contribution in [0.4, 0.5) is 13.2 Å². The Morgan fingerprint density at radius 2 is 1.69 bits per heavy atom. The average Bonchev–Trinajstić information content (AvgIpc) is 3.08. The molecule has 1 aromatic heterocycles.